The quantitative estimate of drug-likeness (QED) is 0.421. The van der Waals surface area contributed by atoms with Crippen molar-refractivity contribution in [2.75, 3.05) is 0 Å². The van der Waals surface area contributed by atoms with Crippen LogP contribution in [0.5, 0.6) is 0 Å². The van der Waals surface area contributed by atoms with E-state index in [9.17, 15) is 4.79 Å². The molecule has 3 heteroatoms. The third kappa shape index (κ3) is 10.7. The van der Waals surface area contributed by atoms with Crippen LogP contribution in [0.2, 0.25) is 0 Å². The largest absolute Gasteiger partial charge is 0.465 e. The first-order valence-electron chi connectivity index (χ1n) is 1.86. The molecule has 0 rings (SSSR count). The molecule has 2 nitrogen and oxygen atoms in total. The van der Waals surface area contributed by atoms with Gasteiger partial charge in [0.1, 0.15) is 0 Å². The van der Waals surface area contributed by atoms with E-state index >= 15 is 0 Å². The minimum atomic E-state index is 0. The molecule has 0 heterocycles. The zero-order chi connectivity index (χ0) is 4.99. The van der Waals surface area contributed by atoms with Crippen LogP contribution in [0.4, 0.5) is 0 Å². The predicted molar refractivity (Wildman–Crippen MR) is 22.3 cm³/mol. The van der Waals surface area contributed by atoms with Crippen LogP contribution in [0.1, 0.15) is 13.8 Å². The van der Waals surface area contributed by atoms with Gasteiger partial charge in [0.25, 0.3) is 6.47 Å². The van der Waals surface area contributed by atoms with E-state index in [-0.39, 0.29) is 22.6 Å². The summed E-state index contributed by atoms with van der Waals surface area (Å²) in [5, 5.41) is 0. The van der Waals surface area contributed by atoms with Gasteiger partial charge in [0.2, 0.25) is 0 Å². The fourth-order valence-corrected chi connectivity index (χ4v) is 0.111. The molecule has 0 aromatic heterocycles. The minimum Gasteiger partial charge on any atom is -0.465 e. The summed E-state index contributed by atoms with van der Waals surface area (Å²) >= 11 is 0. The van der Waals surface area contributed by atoms with Gasteiger partial charge in [0.15, 0.2) is 0 Å². The standard InChI is InChI=1S/C4H8O2.Ni/c1-4(2)6-3-5;/h3-4H,1-2H3;. The maximum absolute atomic E-state index is 9.39. The number of ether oxygens (including phenoxy) is 1. The molecule has 0 radical (unpaired) electrons. The van der Waals surface area contributed by atoms with Crippen LogP contribution in [0.15, 0.2) is 0 Å². The average Bonchev–Trinajstić information content (AvgIpc) is 1.35. The second kappa shape index (κ2) is 5.96. The van der Waals surface area contributed by atoms with Crippen molar-refractivity contribution in [1.29, 1.82) is 0 Å². The molecule has 0 aliphatic rings. The van der Waals surface area contributed by atoms with Crippen molar-refractivity contribution in [3.05, 3.63) is 0 Å². The normalized spacial score (nSPS) is 7.29. The van der Waals surface area contributed by atoms with Crippen molar-refractivity contribution in [2.45, 2.75) is 20.0 Å². The first kappa shape index (κ1) is 10.1. The molecular formula is C4H8NiO2. The predicted octanol–water partition coefficient (Wildman–Crippen LogP) is 0.565. The zero-order valence-corrected chi connectivity index (χ0v) is 5.28. The van der Waals surface area contributed by atoms with Crippen LogP contribution in [0, 0.1) is 0 Å². The third-order valence-electron chi connectivity index (χ3n) is 0.328. The molecule has 0 aliphatic heterocycles. The van der Waals surface area contributed by atoms with Gasteiger partial charge in [-0.25, -0.2) is 0 Å². The van der Waals surface area contributed by atoms with Gasteiger partial charge in [0.05, 0.1) is 6.10 Å². The van der Waals surface area contributed by atoms with E-state index in [4.69, 9.17) is 0 Å². The summed E-state index contributed by atoms with van der Waals surface area (Å²) in [4.78, 5) is 9.39. The van der Waals surface area contributed by atoms with Crippen molar-refractivity contribution in [3.8, 4) is 0 Å². The molecular weight excluding hydrogens is 139 g/mol. The summed E-state index contributed by atoms with van der Waals surface area (Å²) < 4.78 is 4.36. The van der Waals surface area contributed by atoms with Gasteiger partial charge in [-0.1, -0.05) is 0 Å². The maximum atomic E-state index is 9.39. The summed E-state index contributed by atoms with van der Waals surface area (Å²) in [6.07, 6.45) is 0.0301. The second-order valence-corrected chi connectivity index (χ2v) is 1.28. The van der Waals surface area contributed by atoms with Gasteiger partial charge >= 0.3 is 0 Å². The molecule has 0 fully saturated rings. The monoisotopic (exact) mass is 146 g/mol. The van der Waals surface area contributed by atoms with Crippen LogP contribution in [0.3, 0.4) is 0 Å². The number of carbonyl (C=O) groups is 1. The maximum Gasteiger partial charge on any atom is 0.293 e. The van der Waals surface area contributed by atoms with E-state index in [0.29, 0.717) is 6.47 Å². The van der Waals surface area contributed by atoms with Crippen LogP contribution >= 0.6 is 0 Å². The van der Waals surface area contributed by atoms with Crippen LogP contribution in [-0.2, 0) is 26.0 Å². The third-order valence-corrected chi connectivity index (χ3v) is 0.328. The van der Waals surface area contributed by atoms with Crippen molar-refractivity contribution >= 4 is 6.47 Å². The number of carbonyl (C=O) groups excluding carboxylic acids is 1. The number of hydrogen-bond donors (Lipinski definition) is 0. The van der Waals surface area contributed by atoms with Gasteiger partial charge in [0, 0.05) is 16.5 Å². The van der Waals surface area contributed by atoms with Gasteiger partial charge in [-0.15, -0.1) is 0 Å². The van der Waals surface area contributed by atoms with Crippen molar-refractivity contribution in [3.63, 3.8) is 0 Å². The summed E-state index contributed by atoms with van der Waals surface area (Å²) in [5.74, 6) is 0. The molecule has 46 valence electrons. The molecule has 0 N–H and O–H groups in total. The molecule has 0 aromatic rings. The Morgan fingerprint density at radius 3 is 2.00 bits per heavy atom. The molecule has 0 atom stereocenters. The molecule has 0 saturated carbocycles. The van der Waals surface area contributed by atoms with Gasteiger partial charge in [-0.05, 0) is 13.8 Å². The molecule has 7 heavy (non-hydrogen) atoms. The topological polar surface area (TPSA) is 26.3 Å². The fraction of sp³-hybridized carbons (Fsp3) is 0.750. The van der Waals surface area contributed by atoms with Crippen LogP contribution in [0.25, 0.3) is 0 Å². The fourth-order valence-electron chi connectivity index (χ4n) is 0.111. The Morgan fingerprint density at radius 1 is 1.57 bits per heavy atom. The summed E-state index contributed by atoms with van der Waals surface area (Å²) in [7, 11) is 0. The molecule has 0 aliphatic carbocycles. The van der Waals surface area contributed by atoms with E-state index in [0.717, 1.165) is 0 Å². The zero-order valence-electron chi connectivity index (χ0n) is 4.29. The molecule has 0 spiro atoms. The van der Waals surface area contributed by atoms with Crippen LogP contribution < -0.4 is 0 Å². The first-order valence-corrected chi connectivity index (χ1v) is 1.86. The van der Waals surface area contributed by atoms with E-state index in [2.05, 4.69) is 4.74 Å². The van der Waals surface area contributed by atoms with Crippen molar-refractivity contribution in [1.82, 2.24) is 0 Å². The number of rotatable bonds is 2. The summed E-state index contributed by atoms with van der Waals surface area (Å²) in [6.45, 7) is 4.05. The summed E-state index contributed by atoms with van der Waals surface area (Å²) in [5.41, 5.74) is 0. The Bertz CT molecular complexity index is 45.0. The Hall–Kier alpha value is -0.0365. The van der Waals surface area contributed by atoms with Gasteiger partial charge in [-0.3, -0.25) is 4.79 Å². The van der Waals surface area contributed by atoms with Gasteiger partial charge in [-0.2, -0.15) is 0 Å². The molecule has 0 amide bonds. The van der Waals surface area contributed by atoms with Crippen LogP contribution in [-0.4, -0.2) is 12.6 Å². The second-order valence-electron chi connectivity index (χ2n) is 1.28. The van der Waals surface area contributed by atoms with Crippen molar-refractivity contribution in [2.24, 2.45) is 0 Å². The molecule has 0 saturated heterocycles. The Morgan fingerprint density at radius 2 is 2.00 bits per heavy atom. The number of hydrogen-bond acceptors (Lipinski definition) is 2. The SMILES string of the molecule is CC(C)OC=O.[Ni]. The Balaban J connectivity index is 0. The Labute approximate surface area is 53.2 Å². The summed E-state index contributed by atoms with van der Waals surface area (Å²) in [6, 6.07) is 0. The van der Waals surface area contributed by atoms with Gasteiger partial charge < -0.3 is 4.74 Å². The van der Waals surface area contributed by atoms with E-state index in [1.165, 1.54) is 0 Å². The smallest absolute Gasteiger partial charge is 0.293 e. The van der Waals surface area contributed by atoms with E-state index in [1.54, 1.807) is 13.8 Å². The minimum absolute atomic E-state index is 0. The molecule has 0 unspecified atom stereocenters. The molecule has 0 bridgehead atoms. The first-order chi connectivity index (χ1) is 2.77. The van der Waals surface area contributed by atoms with E-state index < -0.39 is 0 Å². The molecule has 0 aromatic carbocycles. The van der Waals surface area contributed by atoms with Crippen molar-refractivity contribution < 1.29 is 26.0 Å². The average molecular weight is 147 g/mol. The Kier molecular flexibility index (Phi) is 8.56. The van der Waals surface area contributed by atoms with E-state index in [1.807, 2.05) is 0 Å².